The molecule has 2 fully saturated rings. The van der Waals surface area contributed by atoms with E-state index in [9.17, 15) is 0 Å². The van der Waals surface area contributed by atoms with Gasteiger partial charge in [-0.25, -0.2) is 4.98 Å². The van der Waals surface area contributed by atoms with Gasteiger partial charge in [-0.15, -0.1) is 0 Å². The molecule has 1 aromatic heterocycles. The van der Waals surface area contributed by atoms with Crippen LogP contribution < -0.4 is 25.0 Å². The number of nitrogens with zero attached hydrogens (tertiary/aromatic N) is 2. The zero-order chi connectivity index (χ0) is 21.9. The van der Waals surface area contributed by atoms with Gasteiger partial charge in [-0.05, 0) is 80.9 Å². The molecule has 0 saturated carbocycles. The Morgan fingerprint density at radius 3 is 2.66 bits per heavy atom. The number of hydrogen-bond donors (Lipinski definition) is 2. The molecule has 5 rings (SSSR count). The molecule has 0 amide bonds. The van der Waals surface area contributed by atoms with Crippen molar-refractivity contribution in [3.8, 4) is 22.8 Å². The average Bonchev–Trinajstić information content (AvgIpc) is 3.28. The number of rotatable bonds is 7. The fraction of sp³-hybridized carbons (Fsp3) is 0.423. The van der Waals surface area contributed by atoms with Crippen LogP contribution in [0.3, 0.4) is 0 Å². The van der Waals surface area contributed by atoms with E-state index in [1.807, 2.05) is 31.3 Å². The van der Waals surface area contributed by atoms with Gasteiger partial charge >= 0.3 is 0 Å². The summed E-state index contributed by atoms with van der Waals surface area (Å²) in [7, 11) is 3.63. The van der Waals surface area contributed by atoms with Crippen molar-refractivity contribution in [3.05, 3.63) is 48.5 Å². The normalized spacial score (nSPS) is 20.4. The van der Waals surface area contributed by atoms with Gasteiger partial charge < -0.3 is 25.0 Å². The molecule has 2 aromatic carbocycles. The van der Waals surface area contributed by atoms with E-state index in [1.54, 1.807) is 7.11 Å². The first-order chi connectivity index (χ1) is 15.7. The smallest absolute Gasteiger partial charge is 0.121 e. The highest BCUT2D eigenvalue weighted by molar-refractivity contribution is 5.95. The summed E-state index contributed by atoms with van der Waals surface area (Å²) in [6.45, 7) is 5.96. The lowest BCUT2D eigenvalue weighted by atomic mass is 9.90. The van der Waals surface area contributed by atoms with Crippen LogP contribution in [0.25, 0.3) is 22.2 Å². The first kappa shape index (κ1) is 21.0. The molecular weight excluding hydrogens is 400 g/mol. The molecule has 2 aliphatic rings. The van der Waals surface area contributed by atoms with Crippen molar-refractivity contribution in [2.24, 2.45) is 11.8 Å². The lowest BCUT2D eigenvalue weighted by Gasteiger charge is -2.23. The maximum absolute atomic E-state index is 5.78. The van der Waals surface area contributed by atoms with E-state index in [4.69, 9.17) is 14.5 Å². The molecule has 2 saturated heterocycles. The molecule has 0 bridgehead atoms. The molecule has 2 atom stereocenters. The molecular formula is C26H32N4O2. The van der Waals surface area contributed by atoms with Gasteiger partial charge in [0.2, 0.25) is 0 Å². The number of nitrogens with one attached hydrogen (secondary N) is 2. The van der Waals surface area contributed by atoms with Crippen LogP contribution in [0, 0.1) is 11.8 Å². The molecule has 6 nitrogen and oxygen atoms in total. The number of piperidine rings is 1. The number of anilines is 1. The molecule has 3 heterocycles. The number of hydrogen-bond acceptors (Lipinski definition) is 6. The monoisotopic (exact) mass is 432 g/mol. The van der Waals surface area contributed by atoms with Gasteiger partial charge in [0.15, 0.2) is 0 Å². The summed E-state index contributed by atoms with van der Waals surface area (Å²) in [6.07, 6.45) is 1.26. The zero-order valence-corrected chi connectivity index (χ0v) is 18.9. The zero-order valence-electron chi connectivity index (χ0n) is 18.9. The lowest BCUT2D eigenvalue weighted by Crippen LogP contribution is -2.35. The molecule has 2 N–H and O–H groups in total. The number of ether oxygens (including phenoxy) is 2. The van der Waals surface area contributed by atoms with E-state index < -0.39 is 0 Å². The number of methoxy groups -OCH3 is 1. The number of benzene rings is 2. The third kappa shape index (κ3) is 4.25. The fourth-order valence-electron chi connectivity index (χ4n) is 4.99. The Morgan fingerprint density at radius 2 is 1.88 bits per heavy atom. The predicted octanol–water partition coefficient (Wildman–Crippen LogP) is 3.55. The van der Waals surface area contributed by atoms with Gasteiger partial charge in [0.25, 0.3) is 0 Å². The summed E-state index contributed by atoms with van der Waals surface area (Å²) in [5.74, 6) is 3.21. The van der Waals surface area contributed by atoms with Crippen LogP contribution in [0.5, 0.6) is 11.5 Å². The second kappa shape index (κ2) is 9.35. The Kier molecular flexibility index (Phi) is 6.14. The van der Waals surface area contributed by atoms with Crippen LogP contribution in [-0.4, -0.2) is 58.5 Å². The van der Waals surface area contributed by atoms with Crippen molar-refractivity contribution in [2.75, 3.05) is 58.4 Å². The maximum Gasteiger partial charge on any atom is 0.121 e. The van der Waals surface area contributed by atoms with E-state index >= 15 is 0 Å². The molecule has 32 heavy (non-hydrogen) atoms. The Bertz CT molecular complexity index is 1060. The molecule has 2 unspecified atom stereocenters. The van der Waals surface area contributed by atoms with Gasteiger partial charge in [-0.2, -0.15) is 0 Å². The fourth-order valence-corrected chi connectivity index (χ4v) is 4.99. The molecule has 2 aliphatic heterocycles. The summed E-state index contributed by atoms with van der Waals surface area (Å²) in [6, 6.07) is 16.7. The number of pyridine rings is 1. The van der Waals surface area contributed by atoms with Crippen LogP contribution in [0.4, 0.5) is 5.69 Å². The first-order valence-electron chi connectivity index (χ1n) is 11.6. The number of aromatic nitrogens is 1. The molecule has 0 aliphatic carbocycles. The molecule has 168 valence electrons. The minimum atomic E-state index is 0.653. The van der Waals surface area contributed by atoms with E-state index in [2.05, 4.69) is 39.8 Å². The highest BCUT2D eigenvalue weighted by atomic mass is 16.5. The van der Waals surface area contributed by atoms with Crippen molar-refractivity contribution in [1.82, 2.24) is 15.6 Å². The first-order valence-corrected chi connectivity index (χ1v) is 11.6. The van der Waals surface area contributed by atoms with E-state index in [0.29, 0.717) is 6.61 Å². The largest absolute Gasteiger partial charge is 0.497 e. The predicted molar refractivity (Wildman–Crippen MR) is 130 cm³/mol. The number of likely N-dealkylation sites (N-methyl/N-ethyl adjacent to an activating group) is 1. The van der Waals surface area contributed by atoms with Crippen molar-refractivity contribution < 1.29 is 9.47 Å². The van der Waals surface area contributed by atoms with Crippen molar-refractivity contribution >= 4 is 16.6 Å². The van der Waals surface area contributed by atoms with E-state index in [1.165, 1.54) is 17.5 Å². The summed E-state index contributed by atoms with van der Waals surface area (Å²) in [4.78, 5) is 7.58. The molecule has 0 spiro atoms. The second-order valence-corrected chi connectivity index (χ2v) is 8.80. The van der Waals surface area contributed by atoms with E-state index in [-0.39, 0.29) is 0 Å². The maximum atomic E-state index is 5.78. The number of fused-ring (bicyclic) bond motifs is 2. The summed E-state index contributed by atoms with van der Waals surface area (Å²) >= 11 is 0. The van der Waals surface area contributed by atoms with Crippen LogP contribution in [0.1, 0.15) is 6.42 Å². The van der Waals surface area contributed by atoms with Gasteiger partial charge in [0, 0.05) is 42.3 Å². The Hall–Kier alpha value is -2.83. The van der Waals surface area contributed by atoms with Crippen LogP contribution in [0.15, 0.2) is 48.5 Å². The molecule has 6 heteroatoms. The summed E-state index contributed by atoms with van der Waals surface area (Å²) in [5.41, 5.74) is 4.32. The van der Waals surface area contributed by atoms with Crippen molar-refractivity contribution in [2.45, 2.75) is 6.42 Å². The minimum absolute atomic E-state index is 0.653. The Morgan fingerprint density at radius 1 is 1.06 bits per heavy atom. The lowest BCUT2D eigenvalue weighted by molar-refractivity contribution is 0.318. The van der Waals surface area contributed by atoms with Gasteiger partial charge in [-0.3, -0.25) is 0 Å². The van der Waals surface area contributed by atoms with Crippen LogP contribution in [0.2, 0.25) is 0 Å². The quantitative estimate of drug-likeness (QED) is 0.557. The van der Waals surface area contributed by atoms with E-state index in [0.717, 1.165) is 72.8 Å². The van der Waals surface area contributed by atoms with Gasteiger partial charge in [0.05, 0.1) is 18.3 Å². The third-order valence-electron chi connectivity index (χ3n) is 6.78. The Labute approximate surface area is 189 Å². The van der Waals surface area contributed by atoms with Crippen LogP contribution >= 0.6 is 0 Å². The third-order valence-corrected chi connectivity index (χ3v) is 6.78. The average molecular weight is 433 g/mol. The van der Waals surface area contributed by atoms with Gasteiger partial charge in [0.1, 0.15) is 18.1 Å². The topological polar surface area (TPSA) is 58.7 Å². The van der Waals surface area contributed by atoms with Gasteiger partial charge in [-0.1, -0.05) is 0 Å². The molecule has 0 radical (unpaired) electrons. The van der Waals surface area contributed by atoms with Crippen LogP contribution in [-0.2, 0) is 0 Å². The highest BCUT2D eigenvalue weighted by Crippen LogP contribution is 2.38. The second-order valence-electron chi connectivity index (χ2n) is 8.80. The standard InChI is InChI=1S/C26H32N4O2/c1-27-11-12-32-21-5-3-18(4-6-21)24-14-26(23-8-7-22(31-2)13-25(23)29-24)30-16-19-9-10-28-15-20(19)17-30/h3-8,13-14,19-20,27-28H,9-12,15-17H2,1-2H3. The Balaban J connectivity index is 1.50. The van der Waals surface area contributed by atoms with Crippen molar-refractivity contribution in [1.29, 1.82) is 0 Å². The summed E-state index contributed by atoms with van der Waals surface area (Å²) in [5, 5.41) is 7.86. The summed E-state index contributed by atoms with van der Waals surface area (Å²) < 4.78 is 11.3. The van der Waals surface area contributed by atoms with Crippen molar-refractivity contribution in [3.63, 3.8) is 0 Å². The minimum Gasteiger partial charge on any atom is -0.497 e. The molecule has 3 aromatic rings. The highest BCUT2D eigenvalue weighted by Gasteiger charge is 2.35. The SMILES string of the molecule is CNCCOc1ccc(-c2cc(N3CC4CCNCC4C3)c3ccc(OC)cc3n2)cc1.